The summed E-state index contributed by atoms with van der Waals surface area (Å²) < 4.78 is 38.3. The number of aliphatic hydroxyl groups is 1. The third kappa shape index (κ3) is 7.26. The predicted octanol–water partition coefficient (Wildman–Crippen LogP) is 4.89. The molecule has 4 rings (SSSR count). The van der Waals surface area contributed by atoms with Crippen LogP contribution in [-0.2, 0) is 35.7 Å². The minimum atomic E-state index is -4.28. The third-order valence-electron chi connectivity index (χ3n) is 6.10. The first-order valence-electron chi connectivity index (χ1n) is 13.6. The Kier molecular flexibility index (Phi) is 9.24. The minimum Gasteiger partial charge on any atom is -0.459 e. The first-order valence-corrected chi connectivity index (χ1v) is 15.1. The van der Waals surface area contributed by atoms with Crippen LogP contribution < -0.4 is 15.3 Å². The smallest absolute Gasteiger partial charge is 0.459 e. The van der Waals surface area contributed by atoms with Crippen LogP contribution in [0.15, 0.2) is 54.6 Å². The molecule has 3 atom stereocenters. The molecule has 226 valence electrons. The number of anilines is 1. The van der Waals surface area contributed by atoms with Crippen LogP contribution in [0.4, 0.5) is 5.82 Å². The first kappa shape index (κ1) is 31.4. The number of fused-ring (bicyclic) bond motifs is 3. The summed E-state index contributed by atoms with van der Waals surface area (Å²) in [5, 5.41) is 15.3. The van der Waals surface area contributed by atoms with Crippen LogP contribution in [-0.4, -0.2) is 50.5 Å². The number of nitrogen functional groups attached to an aromatic ring is 1. The lowest BCUT2D eigenvalue weighted by Gasteiger charge is -2.31. The van der Waals surface area contributed by atoms with Gasteiger partial charge in [-0.1, -0.05) is 36.4 Å². The van der Waals surface area contributed by atoms with E-state index in [9.17, 15) is 14.5 Å². The highest BCUT2D eigenvalue weighted by Crippen LogP contribution is 2.46. The van der Waals surface area contributed by atoms with Crippen LogP contribution in [0, 0.1) is 0 Å². The number of esters is 1. The minimum absolute atomic E-state index is 0.0567. The van der Waals surface area contributed by atoms with Crippen LogP contribution in [0.2, 0.25) is 0 Å². The number of ether oxygens (including phenoxy) is 2. The van der Waals surface area contributed by atoms with Crippen molar-refractivity contribution >= 4 is 41.5 Å². The van der Waals surface area contributed by atoms with Gasteiger partial charge in [-0.05, 0) is 59.7 Å². The summed E-state index contributed by atoms with van der Waals surface area (Å²) >= 11 is 0. The van der Waals surface area contributed by atoms with Gasteiger partial charge in [-0.2, -0.15) is 5.09 Å². The fourth-order valence-corrected chi connectivity index (χ4v) is 5.89. The SMILES string of the molecule is CCOCc1nc2c(N)nc3ccccc3c2n1C(C)(O)COP(=O)(N[C@@H](C)C(=O)OC(C)(C)C)Oc1ccccc1. The van der Waals surface area contributed by atoms with Crippen LogP contribution in [0.25, 0.3) is 21.9 Å². The fourth-order valence-electron chi connectivity index (χ4n) is 4.32. The Morgan fingerprint density at radius 2 is 1.76 bits per heavy atom. The largest absolute Gasteiger partial charge is 0.459 e. The number of hydrogen-bond acceptors (Lipinski definition) is 10. The van der Waals surface area contributed by atoms with Gasteiger partial charge in [-0.25, -0.2) is 14.5 Å². The maximum atomic E-state index is 14.1. The molecule has 4 aromatic rings. The van der Waals surface area contributed by atoms with Gasteiger partial charge < -0.3 is 24.8 Å². The summed E-state index contributed by atoms with van der Waals surface area (Å²) in [6.07, 6.45) is 0. The Morgan fingerprint density at radius 3 is 2.43 bits per heavy atom. The molecule has 4 N–H and O–H groups in total. The molecule has 0 bridgehead atoms. The van der Waals surface area contributed by atoms with Gasteiger partial charge in [0.15, 0.2) is 11.5 Å². The Morgan fingerprint density at radius 1 is 1.10 bits per heavy atom. The molecule has 42 heavy (non-hydrogen) atoms. The van der Waals surface area contributed by atoms with E-state index in [4.69, 9.17) is 24.3 Å². The lowest BCUT2D eigenvalue weighted by atomic mass is 10.1. The Bertz CT molecular complexity index is 1600. The van der Waals surface area contributed by atoms with Gasteiger partial charge in [-0.15, -0.1) is 0 Å². The van der Waals surface area contributed by atoms with Crippen molar-refractivity contribution in [3.8, 4) is 5.75 Å². The van der Waals surface area contributed by atoms with Crippen molar-refractivity contribution in [2.75, 3.05) is 18.9 Å². The maximum absolute atomic E-state index is 14.1. The molecule has 12 nitrogen and oxygen atoms in total. The van der Waals surface area contributed by atoms with Gasteiger partial charge in [0, 0.05) is 12.0 Å². The molecular weight excluding hydrogens is 561 g/mol. The molecule has 0 saturated heterocycles. The van der Waals surface area contributed by atoms with Gasteiger partial charge in [0.2, 0.25) is 0 Å². The van der Waals surface area contributed by atoms with Gasteiger partial charge in [0.05, 0.1) is 11.0 Å². The van der Waals surface area contributed by atoms with E-state index in [0.29, 0.717) is 34.4 Å². The van der Waals surface area contributed by atoms with E-state index < -0.39 is 37.7 Å². The van der Waals surface area contributed by atoms with Crippen LogP contribution >= 0.6 is 7.75 Å². The number of nitrogens with two attached hydrogens (primary N) is 1. The molecule has 0 saturated carbocycles. The van der Waals surface area contributed by atoms with Crippen molar-refractivity contribution in [2.45, 2.75) is 65.5 Å². The summed E-state index contributed by atoms with van der Waals surface area (Å²) in [6, 6.07) is 14.6. The molecule has 2 aromatic carbocycles. The number of pyridine rings is 1. The molecule has 0 aliphatic heterocycles. The number of aromatic nitrogens is 3. The second-order valence-electron chi connectivity index (χ2n) is 11.0. The number of para-hydroxylation sites is 2. The molecule has 2 heterocycles. The van der Waals surface area contributed by atoms with Gasteiger partial charge in [0.25, 0.3) is 0 Å². The monoisotopic (exact) mass is 599 g/mol. The van der Waals surface area contributed by atoms with Crippen molar-refractivity contribution < 1.29 is 33.0 Å². The Hall–Kier alpha value is -3.54. The van der Waals surface area contributed by atoms with Gasteiger partial charge in [-0.3, -0.25) is 13.9 Å². The highest BCUT2D eigenvalue weighted by molar-refractivity contribution is 7.52. The summed E-state index contributed by atoms with van der Waals surface area (Å²) in [6.45, 7) is 9.93. The molecule has 0 aliphatic rings. The summed E-state index contributed by atoms with van der Waals surface area (Å²) in [5.41, 5.74) is 5.16. The topological polar surface area (TPSA) is 160 Å². The highest BCUT2D eigenvalue weighted by atomic mass is 31.2. The molecule has 0 fully saturated rings. The second kappa shape index (κ2) is 12.4. The third-order valence-corrected chi connectivity index (χ3v) is 7.72. The summed E-state index contributed by atoms with van der Waals surface area (Å²) in [7, 11) is -4.28. The molecule has 0 amide bonds. The summed E-state index contributed by atoms with van der Waals surface area (Å²) in [4.78, 5) is 21.8. The van der Waals surface area contributed by atoms with Crippen LogP contribution in [0.3, 0.4) is 0 Å². The standard InChI is InChI=1S/C29H38N5O7P/c1-7-38-17-23-32-24-25(21-15-11-12-16-22(21)31-26(24)30)34(23)29(6,36)18-39-42(37,41-20-13-9-8-10-14-20)33-19(2)27(35)40-28(3,4)5/h8-16,19,36H,7,17-18H2,1-6H3,(H2,30,31)(H,33,37)/t19-,29?,42?/m0/s1. The normalized spacial score (nSPS) is 15.7. The zero-order valence-corrected chi connectivity index (χ0v) is 25.6. The predicted molar refractivity (Wildman–Crippen MR) is 160 cm³/mol. The molecule has 2 unspecified atom stereocenters. The average molecular weight is 600 g/mol. The highest BCUT2D eigenvalue weighted by Gasteiger charge is 2.38. The number of hydrogen-bond donors (Lipinski definition) is 3. The Balaban J connectivity index is 1.73. The number of nitrogens with zero attached hydrogens (tertiary/aromatic N) is 3. The number of nitrogens with one attached hydrogen (secondary N) is 1. The van der Waals surface area contributed by atoms with Crippen molar-refractivity contribution in [1.82, 2.24) is 19.6 Å². The molecule has 0 spiro atoms. The molecule has 13 heteroatoms. The first-order chi connectivity index (χ1) is 19.7. The number of carbonyl (C=O) groups excluding carboxylic acids is 1. The van der Waals surface area contributed by atoms with E-state index >= 15 is 0 Å². The summed E-state index contributed by atoms with van der Waals surface area (Å²) in [5.74, 6) is 0.130. The number of rotatable bonds is 12. The molecule has 2 aromatic heterocycles. The lowest BCUT2D eigenvalue weighted by Crippen LogP contribution is -2.41. The van der Waals surface area contributed by atoms with Gasteiger partial charge >= 0.3 is 13.7 Å². The second-order valence-corrected chi connectivity index (χ2v) is 12.7. The number of benzene rings is 2. The quantitative estimate of drug-likeness (QED) is 0.150. The lowest BCUT2D eigenvalue weighted by molar-refractivity contribution is -0.156. The number of carbonyl (C=O) groups is 1. The fraction of sp³-hybridized carbons (Fsp3) is 0.414. The number of imidazole rings is 1. The van der Waals surface area contributed by atoms with Crippen molar-refractivity contribution in [3.63, 3.8) is 0 Å². The van der Waals surface area contributed by atoms with Gasteiger partial charge in [0.1, 0.15) is 41.9 Å². The van der Waals surface area contributed by atoms with E-state index in [0.717, 1.165) is 0 Å². The van der Waals surface area contributed by atoms with E-state index in [1.165, 1.54) is 13.8 Å². The van der Waals surface area contributed by atoms with Crippen molar-refractivity contribution in [2.24, 2.45) is 0 Å². The van der Waals surface area contributed by atoms with E-state index in [1.54, 1.807) is 61.7 Å². The molecule has 0 aliphatic carbocycles. The average Bonchev–Trinajstić information content (AvgIpc) is 3.32. The van der Waals surface area contributed by atoms with Crippen molar-refractivity contribution in [3.05, 3.63) is 60.4 Å². The molecule has 0 radical (unpaired) electrons. The molecular formula is C29H38N5O7P. The Labute approximate surface area is 244 Å². The van der Waals surface area contributed by atoms with E-state index in [-0.39, 0.29) is 18.2 Å². The van der Waals surface area contributed by atoms with Crippen LogP contribution in [0.5, 0.6) is 5.75 Å². The van der Waals surface area contributed by atoms with E-state index in [2.05, 4.69) is 15.1 Å². The van der Waals surface area contributed by atoms with Crippen LogP contribution in [0.1, 0.15) is 47.4 Å². The maximum Gasteiger partial charge on any atom is 0.459 e. The zero-order valence-electron chi connectivity index (χ0n) is 24.7. The van der Waals surface area contributed by atoms with Crippen molar-refractivity contribution in [1.29, 1.82) is 0 Å². The zero-order chi connectivity index (χ0) is 30.7. The van der Waals surface area contributed by atoms with E-state index in [1.807, 2.05) is 25.1 Å².